The van der Waals surface area contributed by atoms with Crippen LogP contribution in [0.2, 0.25) is 0 Å². The number of guanidine groups is 1. The number of carbonyl (C=O) groups excluding carboxylic acids is 1. The molecule has 1 amide bonds. The van der Waals surface area contributed by atoms with Gasteiger partial charge in [-0.05, 0) is 43.4 Å². The molecule has 2 aliphatic rings. The number of nitrogens with one attached hydrogen (secondary N) is 2. The molecule has 0 spiro atoms. The smallest absolute Gasteiger partial charge is 0.243 e. The van der Waals surface area contributed by atoms with E-state index in [1.165, 1.54) is 0 Å². The lowest BCUT2D eigenvalue weighted by Crippen LogP contribution is -2.49. The Morgan fingerprint density at radius 3 is 2.19 bits per heavy atom. The van der Waals surface area contributed by atoms with E-state index in [2.05, 4.69) is 15.6 Å². The summed E-state index contributed by atoms with van der Waals surface area (Å²) in [5.41, 5.74) is 0.593. The summed E-state index contributed by atoms with van der Waals surface area (Å²) in [5, 5.41) is 6.58. The number of hydrogen-bond donors (Lipinski definition) is 2. The molecule has 1 aliphatic heterocycles. The SMILES string of the molecule is CN=C(NCc1ccc(S(=O)(=O)N2CCCC2)cc1)NCC1(C(=O)N(C)C)CCCC1.I. The molecule has 32 heavy (non-hydrogen) atoms. The van der Waals surface area contributed by atoms with E-state index in [0.717, 1.165) is 44.1 Å². The molecule has 2 N–H and O–H groups in total. The van der Waals surface area contributed by atoms with Crippen molar-refractivity contribution in [3.63, 3.8) is 0 Å². The van der Waals surface area contributed by atoms with Crippen molar-refractivity contribution < 1.29 is 13.2 Å². The van der Waals surface area contributed by atoms with Gasteiger partial charge in [0.2, 0.25) is 15.9 Å². The van der Waals surface area contributed by atoms with E-state index in [9.17, 15) is 13.2 Å². The first-order valence-corrected chi connectivity index (χ1v) is 12.5. The highest BCUT2D eigenvalue weighted by Gasteiger charge is 2.42. The van der Waals surface area contributed by atoms with Crippen LogP contribution in [0.15, 0.2) is 34.2 Å². The first kappa shape index (κ1) is 26.8. The minimum Gasteiger partial charge on any atom is -0.355 e. The topological polar surface area (TPSA) is 94.1 Å². The molecule has 2 fully saturated rings. The van der Waals surface area contributed by atoms with Crippen LogP contribution in [0, 0.1) is 5.41 Å². The highest BCUT2D eigenvalue weighted by atomic mass is 127. The Labute approximate surface area is 209 Å². The largest absolute Gasteiger partial charge is 0.355 e. The van der Waals surface area contributed by atoms with Gasteiger partial charge >= 0.3 is 0 Å². The molecule has 1 aliphatic carbocycles. The van der Waals surface area contributed by atoms with E-state index in [0.29, 0.717) is 37.0 Å². The van der Waals surface area contributed by atoms with Crippen molar-refractivity contribution in [3.8, 4) is 0 Å². The van der Waals surface area contributed by atoms with E-state index in [1.807, 2.05) is 26.2 Å². The van der Waals surface area contributed by atoms with Gasteiger partial charge in [-0.15, -0.1) is 24.0 Å². The zero-order chi connectivity index (χ0) is 22.5. The standard InChI is InChI=1S/C22H35N5O3S.HI/c1-23-21(25-17-22(12-4-5-13-22)20(28)26(2)3)24-16-18-8-10-19(11-9-18)31(29,30)27-14-6-7-15-27;/h8-11H,4-7,12-17H2,1-3H3,(H2,23,24,25);1H. The van der Waals surface area contributed by atoms with Gasteiger partial charge in [-0.3, -0.25) is 9.79 Å². The van der Waals surface area contributed by atoms with Crippen molar-refractivity contribution >= 4 is 45.9 Å². The number of amides is 1. The van der Waals surface area contributed by atoms with Crippen LogP contribution in [0.3, 0.4) is 0 Å². The fourth-order valence-electron chi connectivity index (χ4n) is 4.51. The lowest BCUT2D eigenvalue weighted by Gasteiger charge is -2.31. The Bertz CT molecular complexity index is 891. The van der Waals surface area contributed by atoms with Crippen molar-refractivity contribution in [2.45, 2.75) is 50.0 Å². The minimum absolute atomic E-state index is 0. The molecule has 0 bridgehead atoms. The van der Waals surface area contributed by atoms with Gasteiger partial charge < -0.3 is 15.5 Å². The molecule has 1 aromatic carbocycles. The van der Waals surface area contributed by atoms with Crippen LogP contribution in [0.1, 0.15) is 44.1 Å². The molecule has 1 aromatic rings. The normalized spacial score (nSPS) is 18.8. The number of benzene rings is 1. The molecular formula is C22H36IN5O3S. The van der Waals surface area contributed by atoms with E-state index < -0.39 is 10.0 Å². The van der Waals surface area contributed by atoms with Crippen molar-refractivity contribution in [2.24, 2.45) is 10.4 Å². The van der Waals surface area contributed by atoms with Crippen LogP contribution in [-0.2, 0) is 21.4 Å². The molecule has 0 atom stereocenters. The zero-order valence-corrected chi connectivity index (χ0v) is 22.4. The van der Waals surface area contributed by atoms with Crippen molar-refractivity contribution in [1.82, 2.24) is 19.8 Å². The van der Waals surface area contributed by atoms with Gasteiger partial charge in [0.05, 0.1) is 10.3 Å². The summed E-state index contributed by atoms with van der Waals surface area (Å²) in [5.74, 6) is 0.800. The summed E-state index contributed by atoms with van der Waals surface area (Å²) >= 11 is 0. The van der Waals surface area contributed by atoms with E-state index in [1.54, 1.807) is 28.4 Å². The van der Waals surface area contributed by atoms with Crippen LogP contribution >= 0.6 is 24.0 Å². The molecule has 0 aromatic heterocycles. The predicted octanol–water partition coefficient (Wildman–Crippen LogP) is 2.40. The molecule has 8 nitrogen and oxygen atoms in total. The van der Waals surface area contributed by atoms with Gasteiger partial charge in [0, 0.05) is 47.3 Å². The molecule has 0 unspecified atom stereocenters. The molecule has 0 radical (unpaired) electrons. The average Bonchev–Trinajstić information content (AvgIpc) is 3.47. The summed E-state index contributed by atoms with van der Waals surface area (Å²) in [6.45, 7) is 2.27. The summed E-state index contributed by atoms with van der Waals surface area (Å²) < 4.78 is 26.9. The fourth-order valence-corrected chi connectivity index (χ4v) is 6.03. The maximum absolute atomic E-state index is 12.7. The third kappa shape index (κ3) is 6.13. The lowest BCUT2D eigenvalue weighted by molar-refractivity contribution is -0.138. The van der Waals surface area contributed by atoms with E-state index >= 15 is 0 Å². The third-order valence-electron chi connectivity index (χ3n) is 6.32. The number of halogens is 1. The molecule has 180 valence electrons. The summed E-state index contributed by atoms with van der Waals surface area (Å²) in [6.07, 6.45) is 5.77. The highest BCUT2D eigenvalue weighted by Crippen LogP contribution is 2.38. The van der Waals surface area contributed by atoms with E-state index in [-0.39, 0.29) is 35.3 Å². The summed E-state index contributed by atoms with van der Waals surface area (Å²) in [4.78, 5) is 19.0. The van der Waals surface area contributed by atoms with E-state index in [4.69, 9.17) is 0 Å². The second kappa shape index (κ2) is 11.6. The first-order chi connectivity index (χ1) is 14.8. The second-order valence-corrected chi connectivity index (χ2v) is 10.7. The van der Waals surface area contributed by atoms with Gasteiger partial charge in [-0.1, -0.05) is 25.0 Å². The highest BCUT2D eigenvalue weighted by molar-refractivity contribution is 14.0. The first-order valence-electron chi connectivity index (χ1n) is 11.0. The van der Waals surface area contributed by atoms with Crippen LogP contribution < -0.4 is 10.6 Å². The number of carbonyl (C=O) groups is 1. The number of aliphatic imine (C=N–C) groups is 1. The molecule has 10 heteroatoms. The minimum atomic E-state index is -3.39. The maximum atomic E-state index is 12.7. The predicted molar refractivity (Wildman–Crippen MR) is 138 cm³/mol. The van der Waals surface area contributed by atoms with Crippen LogP contribution in [0.25, 0.3) is 0 Å². The van der Waals surface area contributed by atoms with Gasteiger partial charge in [0.25, 0.3) is 0 Å². The Morgan fingerprint density at radius 2 is 1.66 bits per heavy atom. The van der Waals surface area contributed by atoms with Crippen molar-refractivity contribution in [1.29, 1.82) is 0 Å². The fraction of sp³-hybridized carbons (Fsp3) is 0.636. The summed E-state index contributed by atoms with van der Waals surface area (Å²) in [7, 11) is 1.93. The number of hydrogen-bond acceptors (Lipinski definition) is 4. The number of rotatable bonds is 7. The number of sulfonamides is 1. The van der Waals surface area contributed by atoms with Crippen LogP contribution in [0.4, 0.5) is 0 Å². The monoisotopic (exact) mass is 577 g/mol. The molecule has 3 rings (SSSR count). The summed E-state index contributed by atoms with van der Waals surface area (Å²) in [6, 6.07) is 7.00. The molecule has 1 heterocycles. The molecule has 1 saturated heterocycles. The maximum Gasteiger partial charge on any atom is 0.243 e. The Hall–Kier alpha value is -1.40. The van der Waals surface area contributed by atoms with Crippen LogP contribution in [-0.4, -0.2) is 70.3 Å². The van der Waals surface area contributed by atoms with Crippen molar-refractivity contribution in [3.05, 3.63) is 29.8 Å². The van der Waals surface area contributed by atoms with Crippen molar-refractivity contribution in [2.75, 3.05) is 40.8 Å². The van der Waals surface area contributed by atoms with Crippen LogP contribution in [0.5, 0.6) is 0 Å². The van der Waals surface area contributed by atoms with Gasteiger partial charge in [-0.25, -0.2) is 8.42 Å². The molecule has 1 saturated carbocycles. The Morgan fingerprint density at radius 1 is 1.06 bits per heavy atom. The molecular weight excluding hydrogens is 541 g/mol. The Kier molecular flexibility index (Phi) is 9.77. The van der Waals surface area contributed by atoms with Gasteiger partial charge in [0.1, 0.15) is 0 Å². The third-order valence-corrected chi connectivity index (χ3v) is 8.24. The van der Waals surface area contributed by atoms with Gasteiger partial charge in [0.15, 0.2) is 5.96 Å². The number of nitrogens with zero attached hydrogens (tertiary/aromatic N) is 3. The lowest BCUT2D eigenvalue weighted by atomic mass is 9.84. The quantitative estimate of drug-likeness (QED) is 0.295. The second-order valence-electron chi connectivity index (χ2n) is 8.72. The average molecular weight is 578 g/mol. The Balaban J connectivity index is 0.00000363. The zero-order valence-electron chi connectivity index (χ0n) is 19.3. The van der Waals surface area contributed by atoms with Gasteiger partial charge in [-0.2, -0.15) is 4.31 Å².